The van der Waals surface area contributed by atoms with Gasteiger partial charge < -0.3 is 19.8 Å². The Kier molecular flexibility index (Phi) is 4.04. The van der Waals surface area contributed by atoms with Gasteiger partial charge in [-0.2, -0.15) is 0 Å². The fourth-order valence-electron chi connectivity index (χ4n) is 2.56. The first kappa shape index (κ1) is 13.5. The van der Waals surface area contributed by atoms with E-state index in [-0.39, 0.29) is 11.6 Å². The Balaban J connectivity index is 2.21. The van der Waals surface area contributed by atoms with Gasteiger partial charge in [0.15, 0.2) is 0 Å². The van der Waals surface area contributed by atoms with Crippen LogP contribution in [0.5, 0.6) is 0 Å². The Morgan fingerprint density at radius 3 is 3.06 bits per heavy atom. The van der Waals surface area contributed by atoms with Crippen LogP contribution >= 0.6 is 0 Å². The fraction of sp³-hybridized carbons (Fsp3) is 0.769. The highest BCUT2D eigenvalue weighted by Crippen LogP contribution is 2.29. The van der Waals surface area contributed by atoms with Crippen molar-refractivity contribution in [2.24, 2.45) is 11.7 Å². The van der Waals surface area contributed by atoms with Crippen LogP contribution in [0.3, 0.4) is 0 Å². The van der Waals surface area contributed by atoms with Crippen LogP contribution in [0.1, 0.15) is 32.0 Å². The summed E-state index contributed by atoms with van der Waals surface area (Å²) in [7, 11) is 1.71. The molecule has 2 heterocycles. The van der Waals surface area contributed by atoms with Crippen molar-refractivity contribution in [3.8, 4) is 0 Å². The number of nitrogens with two attached hydrogens (primary N) is 1. The molecule has 0 bridgehead atoms. The van der Waals surface area contributed by atoms with Crippen molar-refractivity contribution in [2.45, 2.75) is 31.8 Å². The molecule has 1 saturated heterocycles. The molecule has 1 aromatic heterocycles. The third kappa shape index (κ3) is 2.58. The molecule has 0 amide bonds. The quantitative estimate of drug-likeness (QED) is 0.859. The standard InChI is InChI=1S/C13H23N3O2/c1-13(2,8-17-3)16-9-15-6-11(16)12(14)10-4-5-18-7-10/h6,9-10,12H,4-5,7-8,14H2,1-3H3. The topological polar surface area (TPSA) is 62.3 Å². The van der Waals surface area contributed by atoms with Gasteiger partial charge in [0.2, 0.25) is 0 Å². The van der Waals surface area contributed by atoms with Gasteiger partial charge >= 0.3 is 0 Å². The number of hydrogen-bond acceptors (Lipinski definition) is 4. The van der Waals surface area contributed by atoms with Gasteiger partial charge in [0.25, 0.3) is 0 Å². The van der Waals surface area contributed by atoms with E-state index in [1.54, 1.807) is 7.11 Å². The molecule has 2 atom stereocenters. The van der Waals surface area contributed by atoms with Crippen LogP contribution in [0.2, 0.25) is 0 Å². The molecule has 0 saturated carbocycles. The van der Waals surface area contributed by atoms with Gasteiger partial charge in [-0.1, -0.05) is 0 Å². The lowest BCUT2D eigenvalue weighted by atomic mass is 9.96. The molecular formula is C13H23N3O2. The molecule has 1 aliphatic rings. The first-order valence-corrected chi connectivity index (χ1v) is 6.41. The number of nitrogens with zero attached hydrogens (tertiary/aromatic N) is 2. The molecule has 0 aromatic carbocycles. The molecule has 0 spiro atoms. The van der Waals surface area contributed by atoms with E-state index in [4.69, 9.17) is 15.2 Å². The Morgan fingerprint density at radius 1 is 1.67 bits per heavy atom. The number of aromatic nitrogens is 2. The van der Waals surface area contributed by atoms with E-state index in [9.17, 15) is 0 Å². The highest BCUT2D eigenvalue weighted by atomic mass is 16.5. The summed E-state index contributed by atoms with van der Waals surface area (Å²) in [5, 5.41) is 0. The van der Waals surface area contributed by atoms with E-state index in [0.29, 0.717) is 12.5 Å². The van der Waals surface area contributed by atoms with Crippen LogP contribution in [0, 0.1) is 5.92 Å². The molecule has 2 rings (SSSR count). The number of methoxy groups -OCH3 is 1. The van der Waals surface area contributed by atoms with Gasteiger partial charge in [-0.25, -0.2) is 4.98 Å². The smallest absolute Gasteiger partial charge is 0.0954 e. The first-order chi connectivity index (χ1) is 8.56. The van der Waals surface area contributed by atoms with Gasteiger partial charge in [0.1, 0.15) is 0 Å². The van der Waals surface area contributed by atoms with Crippen LogP contribution in [-0.2, 0) is 15.0 Å². The number of ether oxygens (including phenoxy) is 2. The van der Waals surface area contributed by atoms with Crippen molar-refractivity contribution in [2.75, 3.05) is 26.9 Å². The van der Waals surface area contributed by atoms with Crippen molar-refractivity contribution < 1.29 is 9.47 Å². The predicted octanol–water partition coefficient (Wildman–Crippen LogP) is 1.30. The molecule has 102 valence electrons. The highest BCUT2D eigenvalue weighted by molar-refractivity contribution is 5.10. The zero-order valence-electron chi connectivity index (χ0n) is 11.4. The molecule has 0 aliphatic carbocycles. The Bertz CT molecular complexity index is 383. The van der Waals surface area contributed by atoms with Gasteiger partial charge in [-0.05, 0) is 20.3 Å². The summed E-state index contributed by atoms with van der Waals surface area (Å²) in [6.45, 7) is 6.44. The largest absolute Gasteiger partial charge is 0.382 e. The SMILES string of the molecule is COCC(C)(C)n1cncc1C(N)C1CCOC1. The van der Waals surface area contributed by atoms with Crippen LogP contribution in [-0.4, -0.2) is 36.5 Å². The molecule has 5 heteroatoms. The number of rotatable bonds is 5. The fourth-order valence-corrected chi connectivity index (χ4v) is 2.56. The maximum Gasteiger partial charge on any atom is 0.0954 e. The van der Waals surface area contributed by atoms with E-state index >= 15 is 0 Å². The monoisotopic (exact) mass is 253 g/mol. The minimum atomic E-state index is -0.141. The second-order valence-corrected chi connectivity index (χ2v) is 5.58. The molecule has 5 nitrogen and oxygen atoms in total. The third-order valence-corrected chi connectivity index (χ3v) is 3.63. The van der Waals surface area contributed by atoms with E-state index in [2.05, 4.69) is 23.4 Å². The van der Waals surface area contributed by atoms with Crippen molar-refractivity contribution in [1.82, 2.24) is 9.55 Å². The summed E-state index contributed by atoms with van der Waals surface area (Å²) >= 11 is 0. The highest BCUT2D eigenvalue weighted by Gasteiger charge is 2.30. The van der Waals surface area contributed by atoms with E-state index in [1.165, 1.54) is 0 Å². The minimum absolute atomic E-state index is 0.0221. The van der Waals surface area contributed by atoms with Crippen molar-refractivity contribution in [3.05, 3.63) is 18.2 Å². The second-order valence-electron chi connectivity index (χ2n) is 5.58. The normalized spacial score (nSPS) is 22.3. The summed E-state index contributed by atoms with van der Waals surface area (Å²) in [6, 6.07) is -0.0221. The Morgan fingerprint density at radius 2 is 2.44 bits per heavy atom. The zero-order valence-corrected chi connectivity index (χ0v) is 11.4. The first-order valence-electron chi connectivity index (χ1n) is 6.41. The molecule has 1 fully saturated rings. The van der Waals surface area contributed by atoms with E-state index < -0.39 is 0 Å². The van der Waals surface area contributed by atoms with Crippen LogP contribution in [0.4, 0.5) is 0 Å². The van der Waals surface area contributed by atoms with Crippen LogP contribution in [0.15, 0.2) is 12.5 Å². The van der Waals surface area contributed by atoms with Gasteiger partial charge in [-0.3, -0.25) is 0 Å². The molecular weight excluding hydrogens is 230 g/mol. The predicted molar refractivity (Wildman–Crippen MR) is 69.3 cm³/mol. The average molecular weight is 253 g/mol. The number of hydrogen-bond donors (Lipinski definition) is 1. The molecule has 2 N–H and O–H groups in total. The van der Waals surface area contributed by atoms with Crippen molar-refractivity contribution in [3.63, 3.8) is 0 Å². The number of imidazole rings is 1. The van der Waals surface area contributed by atoms with Crippen LogP contribution < -0.4 is 5.73 Å². The van der Waals surface area contributed by atoms with Gasteiger partial charge in [0, 0.05) is 25.8 Å². The molecule has 1 aliphatic heterocycles. The molecule has 18 heavy (non-hydrogen) atoms. The van der Waals surface area contributed by atoms with Gasteiger partial charge in [0.05, 0.1) is 36.8 Å². The third-order valence-electron chi connectivity index (χ3n) is 3.63. The van der Waals surface area contributed by atoms with E-state index in [1.807, 2.05) is 12.5 Å². The summed E-state index contributed by atoms with van der Waals surface area (Å²) in [6.07, 6.45) is 4.72. The van der Waals surface area contributed by atoms with Crippen molar-refractivity contribution >= 4 is 0 Å². The summed E-state index contributed by atoms with van der Waals surface area (Å²) in [4.78, 5) is 4.25. The summed E-state index contributed by atoms with van der Waals surface area (Å²) in [5.41, 5.74) is 7.28. The summed E-state index contributed by atoms with van der Waals surface area (Å²) in [5.74, 6) is 0.388. The minimum Gasteiger partial charge on any atom is -0.382 e. The zero-order chi connectivity index (χ0) is 13.2. The molecule has 1 aromatic rings. The van der Waals surface area contributed by atoms with Crippen molar-refractivity contribution in [1.29, 1.82) is 0 Å². The lowest BCUT2D eigenvalue weighted by Gasteiger charge is -2.30. The van der Waals surface area contributed by atoms with Gasteiger partial charge in [-0.15, -0.1) is 0 Å². The van der Waals surface area contributed by atoms with Crippen LogP contribution in [0.25, 0.3) is 0 Å². The molecule has 2 unspecified atom stereocenters. The maximum absolute atomic E-state index is 6.36. The molecule has 0 radical (unpaired) electrons. The van der Waals surface area contributed by atoms with E-state index in [0.717, 1.165) is 25.3 Å². The Hall–Kier alpha value is -0.910. The summed E-state index contributed by atoms with van der Waals surface area (Å²) < 4.78 is 12.8. The second kappa shape index (κ2) is 5.38. The lowest BCUT2D eigenvalue weighted by Crippen LogP contribution is -2.35. The maximum atomic E-state index is 6.36. The lowest BCUT2D eigenvalue weighted by molar-refractivity contribution is 0.106. The Labute approximate surface area is 108 Å². The average Bonchev–Trinajstić information content (AvgIpc) is 3.00.